The molecule has 3 aromatic rings. The van der Waals surface area contributed by atoms with E-state index in [0.717, 1.165) is 16.5 Å². The predicted octanol–water partition coefficient (Wildman–Crippen LogP) is 4.44. The van der Waals surface area contributed by atoms with Crippen LogP contribution in [0.2, 0.25) is 0 Å². The van der Waals surface area contributed by atoms with E-state index >= 15 is 8.78 Å². The molecule has 5 rings (SSSR count). The van der Waals surface area contributed by atoms with Gasteiger partial charge in [0.15, 0.2) is 0 Å². The van der Waals surface area contributed by atoms with Crippen molar-refractivity contribution in [3.63, 3.8) is 0 Å². The molecule has 3 heterocycles. The number of aromatic nitrogens is 1. The average molecular weight is 520 g/mol. The van der Waals surface area contributed by atoms with Crippen LogP contribution in [-0.2, 0) is 6.42 Å². The number of halogens is 4. The molecule has 200 valence electrons. The molecule has 2 aliphatic heterocycles. The lowest BCUT2D eigenvalue weighted by Crippen LogP contribution is -2.49. The number of aliphatic hydroxyl groups is 2. The number of rotatable bonds is 9. The standard InChI is InChI=1S/C28H33F4N3O2/c1-16-9-21-20-5-2-3-6-24(20)33-26(21)27(35(16)14-19(30)15-36)25-22(31)10-17(11-23(25)32)28(37)18-12-34(13-18)8-4-7-29/h2-3,5-6,10-11,16,18-19,27-28,33,36-37H,4,7-9,12-15H2,1H3/t16-,19+,27-,28-/m1/s1. The highest BCUT2D eigenvalue weighted by Crippen LogP contribution is 2.43. The molecule has 0 aliphatic carbocycles. The number of likely N-dealkylation sites (tertiary alicyclic amines) is 1. The first kappa shape index (κ1) is 26.2. The van der Waals surface area contributed by atoms with E-state index in [4.69, 9.17) is 0 Å². The minimum Gasteiger partial charge on any atom is -0.393 e. The van der Waals surface area contributed by atoms with E-state index in [-0.39, 0.29) is 29.6 Å². The van der Waals surface area contributed by atoms with E-state index in [1.807, 2.05) is 36.1 Å². The largest absolute Gasteiger partial charge is 0.393 e. The van der Waals surface area contributed by atoms with Gasteiger partial charge >= 0.3 is 0 Å². The molecule has 0 amide bonds. The van der Waals surface area contributed by atoms with Crippen molar-refractivity contribution in [3.8, 4) is 0 Å². The third-order valence-electron chi connectivity index (χ3n) is 7.88. The Morgan fingerprint density at radius 2 is 1.84 bits per heavy atom. The van der Waals surface area contributed by atoms with Crippen LogP contribution in [0.3, 0.4) is 0 Å². The summed E-state index contributed by atoms with van der Waals surface area (Å²) in [5.41, 5.74) is 2.33. The van der Waals surface area contributed by atoms with Crippen molar-refractivity contribution in [3.05, 3.63) is 70.4 Å². The fraction of sp³-hybridized carbons (Fsp3) is 0.500. The van der Waals surface area contributed by atoms with Gasteiger partial charge in [-0.25, -0.2) is 13.2 Å². The van der Waals surface area contributed by atoms with Crippen LogP contribution in [0.4, 0.5) is 17.6 Å². The van der Waals surface area contributed by atoms with E-state index in [2.05, 4.69) is 4.98 Å². The van der Waals surface area contributed by atoms with Gasteiger partial charge in [0.25, 0.3) is 0 Å². The van der Waals surface area contributed by atoms with Crippen molar-refractivity contribution in [1.82, 2.24) is 14.8 Å². The van der Waals surface area contributed by atoms with E-state index in [1.54, 1.807) is 4.90 Å². The van der Waals surface area contributed by atoms with Crippen LogP contribution in [0.15, 0.2) is 36.4 Å². The summed E-state index contributed by atoms with van der Waals surface area (Å²) in [5, 5.41) is 21.1. The summed E-state index contributed by atoms with van der Waals surface area (Å²) >= 11 is 0. The Hall–Kier alpha value is -2.46. The van der Waals surface area contributed by atoms with Crippen LogP contribution in [0.25, 0.3) is 10.9 Å². The highest BCUT2D eigenvalue weighted by molar-refractivity contribution is 5.85. The number of aliphatic hydroxyl groups excluding tert-OH is 2. The average Bonchev–Trinajstić information content (AvgIpc) is 3.22. The van der Waals surface area contributed by atoms with Gasteiger partial charge in [0, 0.05) is 60.3 Å². The van der Waals surface area contributed by atoms with E-state index in [1.165, 1.54) is 12.1 Å². The quantitative estimate of drug-likeness (QED) is 0.366. The number of benzene rings is 2. The van der Waals surface area contributed by atoms with Crippen molar-refractivity contribution in [2.24, 2.45) is 5.92 Å². The molecule has 5 nitrogen and oxygen atoms in total. The molecule has 1 fully saturated rings. The van der Waals surface area contributed by atoms with Crippen LogP contribution in [-0.4, -0.2) is 76.7 Å². The van der Waals surface area contributed by atoms with Gasteiger partial charge in [-0.05, 0) is 49.1 Å². The molecule has 9 heteroatoms. The molecule has 1 aromatic heterocycles. The molecule has 0 unspecified atom stereocenters. The van der Waals surface area contributed by atoms with E-state index < -0.39 is 43.2 Å². The number of alkyl halides is 2. The zero-order valence-electron chi connectivity index (χ0n) is 20.8. The van der Waals surface area contributed by atoms with Gasteiger partial charge in [0.1, 0.15) is 17.8 Å². The summed E-state index contributed by atoms with van der Waals surface area (Å²) in [7, 11) is 0. The highest BCUT2D eigenvalue weighted by atomic mass is 19.1. The molecule has 0 spiro atoms. The second kappa shape index (κ2) is 10.7. The Balaban J connectivity index is 1.51. The Morgan fingerprint density at radius 1 is 1.14 bits per heavy atom. The van der Waals surface area contributed by atoms with Crippen molar-refractivity contribution >= 4 is 10.9 Å². The Bertz CT molecular complexity index is 1220. The molecule has 0 bridgehead atoms. The van der Waals surface area contributed by atoms with Gasteiger partial charge in [-0.2, -0.15) is 0 Å². The third-order valence-corrected chi connectivity index (χ3v) is 7.88. The zero-order chi connectivity index (χ0) is 26.3. The first-order valence-corrected chi connectivity index (χ1v) is 12.9. The van der Waals surface area contributed by atoms with Gasteiger partial charge in [-0.15, -0.1) is 0 Å². The smallest absolute Gasteiger partial charge is 0.136 e. The maximum atomic E-state index is 15.8. The van der Waals surface area contributed by atoms with Gasteiger partial charge < -0.3 is 20.1 Å². The van der Waals surface area contributed by atoms with E-state index in [0.29, 0.717) is 38.2 Å². The van der Waals surface area contributed by atoms with Gasteiger partial charge in [-0.3, -0.25) is 9.29 Å². The zero-order valence-corrected chi connectivity index (χ0v) is 20.8. The van der Waals surface area contributed by atoms with E-state index in [9.17, 15) is 19.0 Å². The van der Waals surface area contributed by atoms with Crippen molar-refractivity contribution in [2.45, 2.75) is 44.1 Å². The topological polar surface area (TPSA) is 62.7 Å². The van der Waals surface area contributed by atoms with Crippen molar-refractivity contribution < 1.29 is 27.8 Å². The molecule has 4 atom stereocenters. The molecule has 2 aliphatic rings. The SMILES string of the molecule is C[C@@H]1Cc2c([nH]c3ccccc23)[C@@H](c2c(F)cc([C@@H](O)C3CN(CCCF)C3)cc2F)N1C[C@H](F)CO. The van der Waals surface area contributed by atoms with Crippen molar-refractivity contribution in [2.75, 3.05) is 39.5 Å². The second-order valence-electron chi connectivity index (χ2n) is 10.4. The van der Waals surface area contributed by atoms with Crippen LogP contribution in [0.1, 0.15) is 47.9 Å². The summed E-state index contributed by atoms with van der Waals surface area (Å²) in [6.45, 7) is 2.29. The minimum atomic E-state index is -1.57. The lowest BCUT2D eigenvalue weighted by molar-refractivity contribution is -0.00641. The normalized spacial score (nSPS) is 22.7. The lowest BCUT2D eigenvalue weighted by atomic mass is 9.85. The third kappa shape index (κ3) is 4.90. The fourth-order valence-electron chi connectivity index (χ4n) is 5.97. The Labute approximate surface area is 213 Å². The predicted molar refractivity (Wildman–Crippen MR) is 134 cm³/mol. The number of nitrogens with zero attached hydrogens (tertiary/aromatic N) is 2. The molecule has 0 saturated carbocycles. The Kier molecular flexibility index (Phi) is 7.58. The molecule has 3 N–H and O–H groups in total. The first-order valence-electron chi connectivity index (χ1n) is 12.9. The molecular formula is C28H33F4N3O2. The maximum Gasteiger partial charge on any atom is 0.136 e. The molecular weight excluding hydrogens is 486 g/mol. The Morgan fingerprint density at radius 3 is 2.51 bits per heavy atom. The highest BCUT2D eigenvalue weighted by Gasteiger charge is 2.40. The number of aromatic amines is 1. The summed E-state index contributed by atoms with van der Waals surface area (Å²) in [6.07, 6.45) is -1.63. The minimum absolute atomic E-state index is 0.153. The number of hydrogen-bond acceptors (Lipinski definition) is 4. The second-order valence-corrected chi connectivity index (χ2v) is 10.4. The number of para-hydroxylation sites is 1. The number of nitrogens with one attached hydrogen (secondary N) is 1. The summed E-state index contributed by atoms with van der Waals surface area (Å²) in [4.78, 5) is 7.02. The number of hydrogen-bond donors (Lipinski definition) is 3. The lowest BCUT2D eigenvalue weighted by Gasteiger charge is -2.42. The van der Waals surface area contributed by atoms with Crippen LogP contribution >= 0.6 is 0 Å². The molecule has 1 saturated heterocycles. The first-order chi connectivity index (χ1) is 17.8. The monoisotopic (exact) mass is 519 g/mol. The van der Waals surface area contributed by atoms with Crippen LogP contribution in [0.5, 0.6) is 0 Å². The van der Waals surface area contributed by atoms with Crippen LogP contribution in [0, 0.1) is 17.6 Å². The van der Waals surface area contributed by atoms with Gasteiger partial charge in [-0.1, -0.05) is 18.2 Å². The number of fused-ring (bicyclic) bond motifs is 3. The summed E-state index contributed by atoms with van der Waals surface area (Å²) in [5.74, 6) is -1.81. The maximum absolute atomic E-state index is 15.8. The summed E-state index contributed by atoms with van der Waals surface area (Å²) < 4.78 is 58.4. The van der Waals surface area contributed by atoms with Crippen LogP contribution < -0.4 is 0 Å². The molecule has 2 aromatic carbocycles. The molecule has 37 heavy (non-hydrogen) atoms. The van der Waals surface area contributed by atoms with Gasteiger partial charge in [0.05, 0.1) is 25.4 Å². The number of H-pyrrole nitrogens is 1. The van der Waals surface area contributed by atoms with Gasteiger partial charge in [0.2, 0.25) is 0 Å². The molecule has 0 radical (unpaired) electrons. The fourth-order valence-corrected chi connectivity index (χ4v) is 5.97. The van der Waals surface area contributed by atoms with Crippen molar-refractivity contribution in [1.29, 1.82) is 0 Å². The summed E-state index contributed by atoms with van der Waals surface area (Å²) in [6, 6.07) is 8.81.